The van der Waals surface area contributed by atoms with Crippen LogP contribution in [-0.2, 0) is 4.43 Å². The van der Waals surface area contributed by atoms with E-state index in [0.29, 0.717) is 18.0 Å². The molecule has 1 saturated carbocycles. The molecule has 0 radical (unpaired) electrons. The maximum Gasteiger partial charge on any atom is 0.192 e. The van der Waals surface area contributed by atoms with Gasteiger partial charge in [0.1, 0.15) is 5.82 Å². The summed E-state index contributed by atoms with van der Waals surface area (Å²) < 4.78 is 6.51. The normalized spacial score (nSPS) is 23.3. The number of nitrogens with two attached hydrogens (primary N) is 1. The van der Waals surface area contributed by atoms with Crippen molar-refractivity contribution in [2.24, 2.45) is 0 Å². The number of nitrogens with zero attached hydrogens (tertiary/aromatic N) is 1. The Labute approximate surface area is 129 Å². The van der Waals surface area contributed by atoms with Crippen molar-refractivity contribution in [3.63, 3.8) is 0 Å². The van der Waals surface area contributed by atoms with Crippen molar-refractivity contribution >= 4 is 19.8 Å². The fourth-order valence-corrected chi connectivity index (χ4v) is 3.90. The molecule has 2 atom stereocenters. The van der Waals surface area contributed by atoms with E-state index in [4.69, 9.17) is 10.2 Å². The van der Waals surface area contributed by atoms with Crippen LogP contribution in [0.3, 0.4) is 0 Å². The molecule has 3 N–H and O–H groups in total. The summed E-state index contributed by atoms with van der Waals surface area (Å²) >= 11 is 0. The number of pyridine rings is 1. The smallest absolute Gasteiger partial charge is 0.192 e. The van der Waals surface area contributed by atoms with E-state index in [-0.39, 0.29) is 5.04 Å². The molecule has 1 aliphatic carbocycles. The molecule has 1 heterocycles. The Morgan fingerprint density at radius 1 is 1.29 bits per heavy atom. The minimum absolute atomic E-state index is 0.277. The van der Waals surface area contributed by atoms with Gasteiger partial charge in [-0.3, -0.25) is 0 Å². The number of nitrogen functional groups attached to an aromatic ring is 1. The summed E-state index contributed by atoms with van der Waals surface area (Å²) in [5.41, 5.74) is 6.66. The lowest BCUT2D eigenvalue weighted by Crippen LogP contribution is -2.43. The summed E-state index contributed by atoms with van der Waals surface area (Å²) in [6.45, 7) is 11.5. The lowest BCUT2D eigenvalue weighted by molar-refractivity contribution is 0.187. The molecule has 0 unspecified atom stereocenters. The summed E-state index contributed by atoms with van der Waals surface area (Å²) in [6, 6.07) is 4.30. The topological polar surface area (TPSA) is 60.2 Å². The van der Waals surface area contributed by atoms with Gasteiger partial charge in [0, 0.05) is 12.1 Å². The molecule has 0 amide bonds. The van der Waals surface area contributed by atoms with Crippen LogP contribution in [0.5, 0.6) is 0 Å². The highest BCUT2D eigenvalue weighted by Gasteiger charge is 2.40. The Morgan fingerprint density at radius 2 is 2.00 bits per heavy atom. The second kappa shape index (κ2) is 5.97. The maximum absolute atomic E-state index is 6.51. The minimum Gasteiger partial charge on any atom is -0.414 e. The molecule has 5 heteroatoms. The molecule has 2 rings (SSSR count). The van der Waals surface area contributed by atoms with Gasteiger partial charge in [-0.2, -0.15) is 0 Å². The van der Waals surface area contributed by atoms with E-state index >= 15 is 0 Å². The van der Waals surface area contributed by atoms with Gasteiger partial charge < -0.3 is 15.5 Å². The minimum atomic E-state index is -1.66. The molecule has 1 fully saturated rings. The molecule has 1 aliphatic rings. The van der Waals surface area contributed by atoms with Crippen LogP contribution in [0.15, 0.2) is 18.3 Å². The molecule has 0 bridgehead atoms. The SMILES string of the molecule is CC(C)(C)[Si](C)(C)O[C@H]1CC[C@@H](Nc2ccc(N)nc2)C1. The zero-order valence-electron chi connectivity index (χ0n) is 13.9. The number of hydrogen-bond donors (Lipinski definition) is 2. The number of nitrogens with one attached hydrogen (secondary N) is 1. The van der Waals surface area contributed by atoms with Crippen LogP contribution in [0.1, 0.15) is 40.0 Å². The van der Waals surface area contributed by atoms with Crippen molar-refractivity contribution < 1.29 is 4.43 Å². The second-order valence-corrected chi connectivity index (χ2v) is 12.4. The van der Waals surface area contributed by atoms with Gasteiger partial charge in [0.2, 0.25) is 0 Å². The second-order valence-electron chi connectivity index (χ2n) is 7.63. The summed E-state index contributed by atoms with van der Waals surface area (Å²) in [5.74, 6) is 0.561. The fourth-order valence-electron chi connectivity index (χ4n) is 2.50. The average molecular weight is 308 g/mol. The van der Waals surface area contributed by atoms with Gasteiger partial charge in [-0.1, -0.05) is 20.8 Å². The highest BCUT2D eigenvalue weighted by Crippen LogP contribution is 2.39. The number of hydrogen-bond acceptors (Lipinski definition) is 4. The molecular weight excluding hydrogens is 278 g/mol. The van der Waals surface area contributed by atoms with E-state index in [1.807, 2.05) is 12.1 Å². The summed E-state index contributed by atoms with van der Waals surface area (Å²) in [4.78, 5) is 4.12. The molecule has 1 aromatic heterocycles. The first-order valence-electron chi connectivity index (χ1n) is 7.83. The lowest BCUT2D eigenvalue weighted by Gasteiger charge is -2.38. The van der Waals surface area contributed by atoms with Crippen LogP contribution in [0.2, 0.25) is 18.1 Å². The third-order valence-corrected chi connectivity index (χ3v) is 9.34. The predicted octanol–water partition coefficient (Wildman–Crippen LogP) is 4.02. The third kappa shape index (κ3) is 4.20. The summed E-state index contributed by atoms with van der Waals surface area (Å²) in [5, 5.41) is 3.82. The van der Waals surface area contributed by atoms with Crippen molar-refractivity contribution in [2.75, 3.05) is 11.1 Å². The van der Waals surface area contributed by atoms with Crippen LogP contribution in [0.4, 0.5) is 11.5 Å². The van der Waals surface area contributed by atoms with Gasteiger partial charge in [0.05, 0.1) is 11.9 Å². The van der Waals surface area contributed by atoms with E-state index in [0.717, 1.165) is 24.9 Å². The number of aromatic nitrogens is 1. The first kappa shape index (κ1) is 16.3. The molecule has 0 aromatic carbocycles. The average Bonchev–Trinajstić information content (AvgIpc) is 2.77. The highest BCUT2D eigenvalue weighted by molar-refractivity contribution is 6.74. The largest absolute Gasteiger partial charge is 0.414 e. The van der Waals surface area contributed by atoms with Gasteiger partial charge in [0.25, 0.3) is 0 Å². The number of rotatable bonds is 4. The standard InChI is InChI=1S/C16H29N3OSi/c1-16(2,3)21(4,5)20-14-8-6-12(10-14)19-13-7-9-15(17)18-11-13/h7,9,11-12,14,19H,6,8,10H2,1-5H3,(H2,17,18)/t12-,14+/m1/s1. The summed E-state index contributed by atoms with van der Waals surface area (Å²) in [6.07, 6.45) is 5.58. The van der Waals surface area contributed by atoms with Crippen LogP contribution in [0.25, 0.3) is 0 Å². The van der Waals surface area contributed by atoms with Gasteiger partial charge in [0.15, 0.2) is 8.32 Å². The van der Waals surface area contributed by atoms with Gasteiger partial charge in [-0.05, 0) is 49.5 Å². The van der Waals surface area contributed by atoms with Crippen LogP contribution < -0.4 is 11.1 Å². The van der Waals surface area contributed by atoms with Gasteiger partial charge in [-0.25, -0.2) is 4.98 Å². The van der Waals surface area contributed by atoms with E-state index < -0.39 is 8.32 Å². The van der Waals surface area contributed by atoms with E-state index in [9.17, 15) is 0 Å². The molecule has 0 aliphatic heterocycles. The Morgan fingerprint density at radius 3 is 2.57 bits per heavy atom. The highest BCUT2D eigenvalue weighted by atomic mass is 28.4. The molecule has 0 spiro atoms. The predicted molar refractivity (Wildman–Crippen MR) is 92.0 cm³/mol. The van der Waals surface area contributed by atoms with Crippen molar-refractivity contribution in [3.8, 4) is 0 Å². The van der Waals surface area contributed by atoms with Gasteiger partial charge >= 0.3 is 0 Å². The van der Waals surface area contributed by atoms with Crippen LogP contribution in [-0.4, -0.2) is 25.4 Å². The van der Waals surface area contributed by atoms with E-state index in [2.05, 4.69) is 44.2 Å². The first-order valence-corrected chi connectivity index (χ1v) is 10.7. The Kier molecular flexibility index (Phi) is 4.63. The maximum atomic E-state index is 6.51. The zero-order valence-corrected chi connectivity index (χ0v) is 14.9. The molecule has 4 nitrogen and oxygen atoms in total. The van der Waals surface area contributed by atoms with Crippen molar-refractivity contribution in [3.05, 3.63) is 18.3 Å². The zero-order chi connectivity index (χ0) is 15.7. The van der Waals surface area contributed by atoms with Crippen LogP contribution in [0, 0.1) is 0 Å². The first-order chi connectivity index (χ1) is 9.67. The molecule has 118 valence electrons. The molecule has 21 heavy (non-hydrogen) atoms. The number of anilines is 2. The summed E-state index contributed by atoms with van der Waals surface area (Å²) in [7, 11) is -1.66. The van der Waals surface area contributed by atoms with E-state index in [1.54, 1.807) is 6.20 Å². The Bertz CT molecular complexity index is 467. The quantitative estimate of drug-likeness (QED) is 0.825. The van der Waals surface area contributed by atoms with Crippen molar-refractivity contribution in [1.29, 1.82) is 0 Å². The van der Waals surface area contributed by atoms with Crippen LogP contribution >= 0.6 is 0 Å². The van der Waals surface area contributed by atoms with Gasteiger partial charge in [-0.15, -0.1) is 0 Å². The van der Waals surface area contributed by atoms with E-state index in [1.165, 1.54) is 0 Å². The van der Waals surface area contributed by atoms with Crippen molar-refractivity contribution in [1.82, 2.24) is 4.98 Å². The molecule has 0 saturated heterocycles. The molecular formula is C16H29N3OSi. The van der Waals surface area contributed by atoms with Crippen molar-refractivity contribution in [2.45, 2.75) is 70.3 Å². The Balaban J connectivity index is 1.88. The Hall–Kier alpha value is -1.07. The lowest BCUT2D eigenvalue weighted by atomic mass is 10.2. The monoisotopic (exact) mass is 307 g/mol. The third-order valence-electron chi connectivity index (χ3n) is 4.81. The fraction of sp³-hybridized carbons (Fsp3) is 0.688. The molecule has 1 aromatic rings.